The number of nitrogens with zero attached hydrogens (tertiary/aromatic N) is 1. The average molecular weight is 407 g/mol. The number of hydrogen-bond acceptors (Lipinski definition) is 5. The Morgan fingerprint density at radius 1 is 1.17 bits per heavy atom. The third-order valence-corrected chi connectivity index (χ3v) is 6.47. The van der Waals surface area contributed by atoms with Crippen LogP contribution in [0.2, 0.25) is 0 Å². The molecule has 2 unspecified atom stereocenters. The predicted molar refractivity (Wildman–Crippen MR) is 112 cm³/mol. The van der Waals surface area contributed by atoms with Crippen molar-refractivity contribution in [2.45, 2.75) is 30.4 Å². The highest BCUT2D eigenvalue weighted by Gasteiger charge is 2.45. The molecular weight excluding hydrogens is 386 g/mol. The van der Waals surface area contributed by atoms with Gasteiger partial charge in [-0.05, 0) is 31.0 Å². The summed E-state index contributed by atoms with van der Waals surface area (Å²) in [6.45, 7) is 3.87. The van der Waals surface area contributed by atoms with Gasteiger partial charge in [0.1, 0.15) is 12.5 Å². The molecule has 2 aromatic carbocycles. The maximum absolute atomic E-state index is 12.4. The van der Waals surface area contributed by atoms with Crippen molar-refractivity contribution in [3.05, 3.63) is 76.5 Å². The molecule has 148 valence electrons. The second-order valence-electron chi connectivity index (χ2n) is 7.30. The van der Waals surface area contributed by atoms with Gasteiger partial charge in [0.25, 0.3) is 0 Å². The molecule has 0 radical (unpaired) electrons. The maximum Gasteiger partial charge on any atom is 0.337 e. The predicted octanol–water partition coefficient (Wildman–Crippen LogP) is 4.36. The minimum Gasteiger partial charge on any atom is -0.481 e. The summed E-state index contributed by atoms with van der Waals surface area (Å²) in [6.07, 6.45) is 0. The third-order valence-electron chi connectivity index (χ3n) is 5.31. The van der Waals surface area contributed by atoms with Crippen molar-refractivity contribution in [3.63, 3.8) is 0 Å². The number of aliphatic carboxylic acids is 1. The van der Waals surface area contributed by atoms with E-state index in [1.807, 2.05) is 24.3 Å². The van der Waals surface area contributed by atoms with Gasteiger partial charge in [-0.2, -0.15) is 0 Å². The number of benzene rings is 2. The number of thioether (sulfide) groups is 1. The van der Waals surface area contributed by atoms with E-state index in [4.69, 9.17) is 4.74 Å². The summed E-state index contributed by atoms with van der Waals surface area (Å²) in [5.74, 6) is -2.19. The van der Waals surface area contributed by atoms with Gasteiger partial charge in [-0.15, -0.1) is 11.8 Å². The normalized spacial score (nSPS) is 20.9. The molecule has 2 heterocycles. The lowest BCUT2D eigenvalue weighted by atomic mass is 9.76. The second kappa shape index (κ2) is 7.87. The average Bonchev–Trinajstić information content (AvgIpc) is 3.07. The Hall–Kier alpha value is -2.86. The summed E-state index contributed by atoms with van der Waals surface area (Å²) in [6, 6.07) is 16.1. The van der Waals surface area contributed by atoms with E-state index in [1.54, 1.807) is 18.7 Å². The first-order chi connectivity index (χ1) is 14.0. The van der Waals surface area contributed by atoms with E-state index >= 15 is 0 Å². The quantitative estimate of drug-likeness (QED) is 0.589. The standard InChI is InChI=1S/C23H21NO4S/c1-13-7-9-15(10-8-13)12-29-18-6-4-3-5-16(18)20-19(22(25)26)14(2)24-17-11-28-23(27)21(17)20/h3-10,19-20H,11-12H2,1-2H3,(H,25,26). The van der Waals surface area contributed by atoms with Crippen LogP contribution in [0.25, 0.3) is 0 Å². The van der Waals surface area contributed by atoms with Crippen molar-refractivity contribution in [1.82, 2.24) is 0 Å². The molecule has 0 spiro atoms. The molecule has 0 bridgehead atoms. The Morgan fingerprint density at radius 2 is 1.90 bits per heavy atom. The van der Waals surface area contributed by atoms with Crippen LogP contribution in [-0.2, 0) is 20.1 Å². The number of carboxylic acids is 1. The fourth-order valence-corrected chi connectivity index (χ4v) is 4.92. The van der Waals surface area contributed by atoms with Crippen molar-refractivity contribution in [2.24, 2.45) is 10.9 Å². The molecule has 1 N–H and O–H groups in total. The molecule has 0 saturated heterocycles. The zero-order valence-corrected chi connectivity index (χ0v) is 17.0. The first-order valence-electron chi connectivity index (χ1n) is 9.41. The van der Waals surface area contributed by atoms with Crippen LogP contribution in [0.1, 0.15) is 29.5 Å². The molecule has 2 atom stereocenters. The molecule has 4 rings (SSSR count). The van der Waals surface area contributed by atoms with E-state index in [2.05, 4.69) is 36.2 Å². The number of aliphatic imine (C=N–C) groups is 1. The first kappa shape index (κ1) is 19.5. The molecule has 0 aliphatic carbocycles. The molecular formula is C23H21NO4S. The first-order valence-corrected chi connectivity index (χ1v) is 10.4. The Bertz CT molecular complexity index is 1040. The van der Waals surface area contributed by atoms with E-state index in [9.17, 15) is 14.7 Å². The van der Waals surface area contributed by atoms with E-state index < -0.39 is 23.8 Å². The fourth-order valence-electron chi connectivity index (χ4n) is 3.87. The van der Waals surface area contributed by atoms with Gasteiger partial charge in [0.05, 0.1) is 11.3 Å². The SMILES string of the molecule is CC1=NC2=C(C(=O)OC2)C(c2ccccc2SCc2ccc(C)cc2)C1C(=O)O. The molecule has 2 aliphatic rings. The van der Waals surface area contributed by atoms with E-state index in [0.717, 1.165) is 16.2 Å². The highest BCUT2D eigenvalue weighted by Crippen LogP contribution is 2.45. The van der Waals surface area contributed by atoms with Crippen LogP contribution in [0.5, 0.6) is 0 Å². The van der Waals surface area contributed by atoms with Gasteiger partial charge >= 0.3 is 11.9 Å². The van der Waals surface area contributed by atoms with Gasteiger partial charge in [0.2, 0.25) is 0 Å². The largest absolute Gasteiger partial charge is 0.481 e. The molecule has 0 aromatic heterocycles. The number of cyclic esters (lactones) is 1. The molecule has 0 fully saturated rings. The number of aryl methyl sites for hydroxylation is 1. The van der Waals surface area contributed by atoms with Crippen LogP contribution in [-0.4, -0.2) is 29.4 Å². The van der Waals surface area contributed by atoms with Crippen LogP contribution in [0, 0.1) is 12.8 Å². The van der Waals surface area contributed by atoms with Crippen molar-refractivity contribution in [2.75, 3.05) is 6.61 Å². The number of ether oxygens (including phenoxy) is 1. The van der Waals surface area contributed by atoms with Crippen molar-refractivity contribution in [1.29, 1.82) is 0 Å². The van der Waals surface area contributed by atoms with E-state index in [-0.39, 0.29) is 6.61 Å². The lowest BCUT2D eigenvalue weighted by Crippen LogP contribution is -2.34. The van der Waals surface area contributed by atoms with Crippen LogP contribution in [0.4, 0.5) is 0 Å². The number of carboxylic acid groups (broad SMARTS) is 1. The van der Waals surface area contributed by atoms with Crippen LogP contribution in [0.15, 0.2) is 69.7 Å². The van der Waals surface area contributed by atoms with Gasteiger partial charge in [0.15, 0.2) is 0 Å². The lowest BCUT2D eigenvalue weighted by molar-refractivity contribution is -0.140. The van der Waals surface area contributed by atoms with Crippen LogP contribution < -0.4 is 0 Å². The zero-order chi connectivity index (χ0) is 20.5. The highest BCUT2D eigenvalue weighted by atomic mass is 32.2. The smallest absolute Gasteiger partial charge is 0.337 e. The number of esters is 1. The monoisotopic (exact) mass is 407 g/mol. The topological polar surface area (TPSA) is 76.0 Å². The fraction of sp³-hybridized carbons (Fsp3) is 0.261. The Morgan fingerprint density at radius 3 is 2.62 bits per heavy atom. The Labute approximate surface area is 173 Å². The molecule has 2 aliphatic heterocycles. The Balaban J connectivity index is 1.72. The van der Waals surface area contributed by atoms with Gasteiger partial charge in [-0.3, -0.25) is 9.79 Å². The highest BCUT2D eigenvalue weighted by molar-refractivity contribution is 7.98. The molecule has 6 heteroatoms. The van der Waals surface area contributed by atoms with Gasteiger partial charge in [-0.25, -0.2) is 4.79 Å². The van der Waals surface area contributed by atoms with E-state index in [0.29, 0.717) is 17.0 Å². The van der Waals surface area contributed by atoms with Crippen molar-refractivity contribution in [3.8, 4) is 0 Å². The summed E-state index contributed by atoms with van der Waals surface area (Å²) >= 11 is 1.64. The number of carbonyl (C=O) groups is 2. The van der Waals surface area contributed by atoms with Crippen LogP contribution in [0.3, 0.4) is 0 Å². The summed E-state index contributed by atoms with van der Waals surface area (Å²) in [7, 11) is 0. The lowest BCUT2D eigenvalue weighted by Gasteiger charge is -2.29. The molecule has 0 saturated carbocycles. The number of rotatable bonds is 5. The van der Waals surface area contributed by atoms with Gasteiger partial charge < -0.3 is 9.84 Å². The molecule has 0 amide bonds. The van der Waals surface area contributed by atoms with E-state index in [1.165, 1.54) is 11.1 Å². The minimum atomic E-state index is -0.985. The maximum atomic E-state index is 12.4. The summed E-state index contributed by atoms with van der Waals surface area (Å²) < 4.78 is 5.19. The summed E-state index contributed by atoms with van der Waals surface area (Å²) in [4.78, 5) is 29.9. The molecule has 29 heavy (non-hydrogen) atoms. The second-order valence-corrected chi connectivity index (χ2v) is 8.31. The van der Waals surface area contributed by atoms with Crippen molar-refractivity contribution >= 4 is 29.4 Å². The number of hydrogen-bond donors (Lipinski definition) is 1. The number of carbonyl (C=O) groups excluding carboxylic acids is 1. The van der Waals surface area contributed by atoms with Crippen molar-refractivity contribution < 1.29 is 19.4 Å². The van der Waals surface area contributed by atoms with Crippen LogP contribution >= 0.6 is 11.8 Å². The zero-order valence-electron chi connectivity index (χ0n) is 16.2. The minimum absolute atomic E-state index is 0.104. The summed E-state index contributed by atoms with van der Waals surface area (Å²) in [5, 5.41) is 9.91. The third kappa shape index (κ3) is 3.72. The summed E-state index contributed by atoms with van der Waals surface area (Å²) in [5.41, 5.74) is 4.65. The molecule has 2 aromatic rings. The molecule has 5 nitrogen and oxygen atoms in total. The van der Waals surface area contributed by atoms with Gasteiger partial charge in [-0.1, -0.05) is 48.0 Å². The Kier molecular flexibility index (Phi) is 5.28. The van der Waals surface area contributed by atoms with Gasteiger partial charge in [0, 0.05) is 22.3 Å².